The Morgan fingerprint density at radius 1 is 1.48 bits per heavy atom. The molecule has 23 heavy (non-hydrogen) atoms. The van der Waals surface area contributed by atoms with E-state index >= 15 is 0 Å². The molecule has 1 atom stereocenters. The van der Waals surface area contributed by atoms with Gasteiger partial charge in [-0.2, -0.15) is 5.26 Å². The molecule has 1 aromatic carbocycles. The van der Waals surface area contributed by atoms with E-state index in [1.54, 1.807) is 33.0 Å². The lowest BCUT2D eigenvalue weighted by molar-refractivity contribution is -0.383. The Hall–Kier alpha value is -2.88. The molecule has 7 heteroatoms. The molecule has 120 valence electrons. The van der Waals surface area contributed by atoms with Crippen molar-refractivity contribution in [3.8, 4) is 6.07 Å². The number of carboxylic acid groups (broad SMARTS) is 1. The highest BCUT2D eigenvalue weighted by atomic mass is 16.6. The van der Waals surface area contributed by atoms with Crippen molar-refractivity contribution in [2.75, 3.05) is 0 Å². The molecule has 0 saturated heterocycles. The van der Waals surface area contributed by atoms with Crippen molar-refractivity contribution in [3.05, 3.63) is 40.1 Å². The third kappa shape index (κ3) is 2.88. The fraction of sp³-hybridized carbons (Fsp3) is 0.375. The second-order valence-electron chi connectivity index (χ2n) is 6.43. The minimum Gasteiger partial charge on any atom is -0.480 e. The van der Waals surface area contributed by atoms with Crippen molar-refractivity contribution < 1.29 is 14.8 Å². The van der Waals surface area contributed by atoms with Crippen LogP contribution in [0.25, 0.3) is 10.9 Å². The number of hydrogen-bond acceptors (Lipinski definition) is 4. The smallest absolute Gasteiger partial charge is 0.327 e. The molecule has 1 heterocycles. The monoisotopic (exact) mass is 315 g/mol. The molecule has 7 nitrogen and oxygen atoms in total. The van der Waals surface area contributed by atoms with Crippen LogP contribution in [0.2, 0.25) is 0 Å². The zero-order chi connectivity index (χ0) is 17.4. The van der Waals surface area contributed by atoms with E-state index in [2.05, 4.69) is 0 Å². The molecule has 2 aromatic rings. The summed E-state index contributed by atoms with van der Waals surface area (Å²) >= 11 is 0. The summed E-state index contributed by atoms with van der Waals surface area (Å²) in [6.07, 6.45) is 1.52. The molecule has 0 bridgehead atoms. The van der Waals surface area contributed by atoms with Crippen LogP contribution < -0.4 is 0 Å². The van der Waals surface area contributed by atoms with Crippen LogP contribution in [-0.2, 0) is 11.2 Å². The first kappa shape index (κ1) is 16.5. The van der Waals surface area contributed by atoms with E-state index < -0.39 is 22.3 Å². The third-order valence-electron chi connectivity index (χ3n) is 3.71. The Balaban J connectivity index is 2.86. The average Bonchev–Trinajstić information content (AvgIpc) is 2.76. The maximum Gasteiger partial charge on any atom is 0.327 e. The van der Waals surface area contributed by atoms with Crippen LogP contribution in [0.5, 0.6) is 0 Å². The summed E-state index contributed by atoms with van der Waals surface area (Å²) in [4.78, 5) is 22.5. The minimum atomic E-state index is -1.02. The van der Waals surface area contributed by atoms with E-state index in [4.69, 9.17) is 5.26 Å². The second-order valence-corrected chi connectivity index (χ2v) is 6.43. The molecule has 0 radical (unpaired) electrons. The summed E-state index contributed by atoms with van der Waals surface area (Å²) in [7, 11) is 0. The van der Waals surface area contributed by atoms with Gasteiger partial charge in [0.2, 0.25) is 0 Å². The molecule has 0 fully saturated rings. The third-order valence-corrected chi connectivity index (χ3v) is 3.71. The van der Waals surface area contributed by atoms with Crippen LogP contribution in [0, 0.1) is 26.9 Å². The number of aromatic nitrogens is 1. The van der Waals surface area contributed by atoms with Crippen molar-refractivity contribution in [3.63, 3.8) is 0 Å². The molecule has 2 rings (SSSR count). The quantitative estimate of drug-likeness (QED) is 0.687. The summed E-state index contributed by atoms with van der Waals surface area (Å²) < 4.78 is 1.53. The van der Waals surface area contributed by atoms with Crippen molar-refractivity contribution in [1.82, 2.24) is 4.57 Å². The minimum absolute atomic E-state index is 0.0230. The first-order valence-corrected chi connectivity index (χ1v) is 7.05. The maximum atomic E-state index is 11.8. The molecule has 0 aliphatic carbocycles. The van der Waals surface area contributed by atoms with E-state index in [-0.39, 0.29) is 12.1 Å². The predicted octanol–water partition coefficient (Wildman–Crippen LogP) is 3.29. The van der Waals surface area contributed by atoms with Crippen molar-refractivity contribution >= 4 is 22.6 Å². The lowest BCUT2D eigenvalue weighted by Crippen LogP contribution is -2.31. The normalized spacial score (nSPS) is 12.8. The zero-order valence-corrected chi connectivity index (χ0v) is 13.1. The number of carbonyl (C=O) groups is 1. The number of nitrogens with zero attached hydrogens (tertiary/aromatic N) is 3. The Kier molecular flexibility index (Phi) is 4.10. The van der Waals surface area contributed by atoms with Crippen LogP contribution in [0.4, 0.5) is 5.69 Å². The number of rotatable bonds is 4. The summed E-state index contributed by atoms with van der Waals surface area (Å²) in [5.41, 5.74) is 0.188. The van der Waals surface area contributed by atoms with Crippen LogP contribution in [0.15, 0.2) is 24.4 Å². The highest BCUT2D eigenvalue weighted by molar-refractivity contribution is 5.94. The van der Waals surface area contributed by atoms with Gasteiger partial charge < -0.3 is 9.67 Å². The second kappa shape index (κ2) is 5.72. The Morgan fingerprint density at radius 2 is 2.13 bits per heavy atom. The highest BCUT2D eigenvalue weighted by Crippen LogP contribution is 2.38. The lowest BCUT2D eigenvalue weighted by Gasteiger charge is -2.29. The molecule has 0 amide bonds. The molecule has 0 aliphatic heterocycles. The molecule has 0 aliphatic rings. The fourth-order valence-electron chi connectivity index (χ4n) is 2.87. The van der Waals surface area contributed by atoms with Gasteiger partial charge in [0.05, 0.1) is 28.3 Å². The Bertz CT molecular complexity index is 824. The van der Waals surface area contributed by atoms with E-state index in [1.807, 2.05) is 6.07 Å². The first-order chi connectivity index (χ1) is 10.7. The van der Waals surface area contributed by atoms with E-state index in [9.17, 15) is 20.0 Å². The molecule has 1 N–H and O–H groups in total. The first-order valence-electron chi connectivity index (χ1n) is 7.05. The maximum absolute atomic E-state index is 11.8. The molecular formula is C16H17N3O4. The van der Waals surface area contributed by atoms with Crippen molar-refractivity contribution in [1.29, 1.82) is 5.26 Å². The van der Waals surface area contributed by atoms with Crippen LogP contribution in [0.3, 0.4) is 0 Å². The number of benzene rings is 1. The fourth-order valence-corrected chi connectivity index (χ4v) is 2.87. The standard InChI is InChI=1S/C16H17N3O4/c1-16(2,3)14(15(20)21)18-9-10(7-8-17)13-11(18)5-4-6-12(13)19(22)23/h4-6,9,14H,7H2,1-3H3,(H,20,21). The molecule has 1 unspecified atom stereocenters. The number of carboxylic acids is 1. The number of fused-ring (bicyclic) bond motifs is 1. The molecule has 0 spiro atoms. The average molecular weight is 315 g/mol. The van der Waals surface area contributed by atoms with Gasteiger partial charge in [-0.25, -0.2) is 4.79 Å². The highest BCUT2D eigenvalue weighted by Gasteiger charge is 2.35. The van der Waals surface area contributed by atoms with Crippen LogP contribution in [-0.4, -0.2) is 20.6 Å². The number of hydrogen-bond donors (Lipinski definition) is 1. The summed E-state index contributed by atoms with van der Waals surface area (Å²) in [6.45, 7) is 5.37. The van der Waals surface area contributed by atoms with Gasteiger partial charge in [0.1, 0.15) is 6.04 Å². The number of nitro groups is 1. The largest absolute Gasteiger partial charge is 0.480 e. The molecular weight excluding hydrogens is 298 g/mol. The predicted molar refractivity (Wildman–Crippen MR) is 84.0 cm³/mol. The van der Waals surface area contributed by atoms with Gasteiger partial charge in [-0.3, -0.25) is 10.1 Å². The summed E-state index contributed by atoms with van der Waals surface area (Å²) in [5, 5.41) is 30.2. The number of nitriles is 1. The molecule has 1 aromatic heterocycles. The lowest BCUT2D eigenvalue weighted by atomic mass is 9.86. The zero-order valence-electron chi connectivity index (χ0n) is 13.1. The number of nitro benzene ring substituents is 1. The van der Waals surface area contributed by atoms with Gasteiger partial charge >= 0.3 is 5.97 Å². The molecule has 0 saturated carbocycles. The van der Waals surface area contributed by atoms with Crippen molar-refractivity contribution in [2.24, 2.45) is 5.41 Å². The van der Waals surface area contributed by atoms with Crippen molar-refractivity contribution in [2.45, 2.75) is 33.2 Å². The number of aliphatic carboxylic acids is 1. The van der Waals surface area contributed by atoms with E-state index in [0.29, 0.717) is 16.5 Å². The number of non-ortho nitro benzene ring substituents is 1. The summed E-state index contributed by atoms with van der Waals surface area (Å²) in [5.74, 6) is -1.02. The van der Waals surface area contributed by atoms with E-state index in [0.717, 1.165) is 0 Å². The van der Waals surface area contributed by atoms with Gasteiger partial charge in [-0.1, -0.05) is 26.8 Å². The topological polar surface area (TPSA) is 109 Å². The summed E-state index contributed by atoms with van der Waals surface area (Å²) in [6, 6.07) is 5.60. The van der Waals surface area contributed by atoms with Gasteiger partial charge in [0.25, 0.3) is 5.69 Å². The van der Waals surface area contributed by atoms with Gasteiger partial charge in [-0.05, 0) is 17.0 Å². The SMILES string of the molecule is CC(C)(C)C(C(=O)O)n1cc(CC#N)c2c([N+](=O)[O-])cccc21. The van der Waals surface area contributed by atoms with Crippen LogP contribution >= 0.6 is 0 Å². The van der Waals surface area contributed by atoms with Gasteiger partial charge in [0, 0.05) is 12.3 Å². The van der Waals surface area contributed by atoms with Gasteiger partial charge in [-0.15, -0.1) is 0 Å². The Labute approximate surface area is 132 Å². The van der Waals surface area contributed by atoms with Gasteiger partial charge in [0.15, 0.2) is 0 Å². The van der Waals surface area contributed by atoms with E-state index in [1.165, 1.54) is 16.7 Å². The van der Waals surface area contributed by atoms with Crippen LogP contribution in [0.1, 0.15) is 32.4 Å². The Morgan fingerprint density at radius 3 is 2.61 bits per heavy atom.